The van der Waals surface area contributed by atoms with Gasteiger partial charge in [-0.05, 0) is 48.2 Å². The van der Waals surface area contributed by atoms with E-state index in [0.717, 1.165) is 18.4 Å². The van der Waals surface area contributed by atoms with Gasteiger partial charge in [-0.2, -0.15) is 0 Å². The van der Waals surface area contributed by atoms with Gasteiger partial charge in [-0.3, -0.25) is 9.59 Å². The largest absolute Gasteiger partial charge is 0.507 e. The first-order valence-corrected chi connectivity index (χ1v) is 11.2. The lowest BCUT2D eigenvalue weighted by molar-refractivity contribution is 0.0979. The van der Waals surface area contributed by atoms with Gasteiger partial charge in [-0.25, -0.2) is 0 Å². The van der Waals surface area contributed by atoms with Crippen LogP contribution in [-0.4, -0.2) is 16.7 Å². The topological polar surface area (TPSA) is 54.4 Å². The molecule has 0 aromatic heterocycles. The van der Waals surface area contributed by atoms with Gasteiger partial charge in [0, 0.05) is 27.8 Å². The number of hydrogen-bond acceptors (Lipinski definition) is 3. The molecule has 3 aromatic carbocycles. The molecule has 0 aliphatic heterocycles. The van der Waals surface area contributed by atoms with Crippen LogP contribution >= 0.6 is 0 Å². The van der Waals surface area contributed by atoms with E-state index in [4.69, 9.17) is 0 Å². The Morgan fingerprint density at radius 1 is 0.645 bits per heavy atom. The number of ketones is 2. The van der Waals surface area contributed by atoms with Gasteiger partial charge in [0.15, 0.2) is 11.6 Å². The zero-order valence-electron chi connectivity index (χ0n) is 18.0. The summed E-state index contributed by atoms with van der Waals surface area (Å²) in [5.41, 5.74) is 4.35. The molecule has 0 atom stereocenters. The quantitative estimate of drug-likeness (QED) is 0.326. The van der Waals surface area contributed by atoms with Crippen molar-refractivity contribution < 1.29 is 14.7 Å². The van der Waals surface area contributed by atoms with Gasteiger partial charge < -0.3 is 5.11 Å². The third kappa shape index (κ3) is 4.32. The van der Waals surface area contributed by atoms with Crippen molar-refractivity contribution in [2.45, 2.75) is 51.9 Å². The van der Waals surface area contributed by atoms with Crippen molar-refractivity contribution in [3.05, 3.63) is 88.5 Å². The number of phenolic OH excluding ortho intramolecular Hbond substituents is 1. The lowest BCUT2D eigenvalue weighted by Crippen LogP contribution is -2.20. The lowest BCUT2D eigenvalue weighted by atomic mass is 9.82. The minimum Gasteiger partial charge on any atom is -0.507 e. The second kappa shape index (κ2) is 9.30. The van der Waals surface area contributed by atoms with Crippen LogP contribution in [0, 0.1) is 0 Å². The van der Waals surface area contributed by atoms with E-state index in [2.05, 4.69) is 6.92 Å². The van der Waals surface area contributed by atoms with E-state index in [1.165, 1.54) is 37.7 Å². The molecule has 0 amide bonds. The lowest BCUT2D eigenvalue weighted by Gasteiger charge is -2.18. The molecule has 1 aliphatic rings. The standard InChI is InChI=1S/C28H28O3/c1-2-3-4-5-6-7-10-19-13-16-26(29)24(17-19)20-14-15-23-25(18-20)28(31)22-12-9-8-11-21(22)27(23)30/h8-9,11-18,29H,2-7,10H2,1H3. The molecule has 3 nitrogen and oxygen atoms in total. The number of benzene rings is 3. The van der Waals surface area contributed by atoms with E-state index in [0.29, 0.717) is 27.8 Å². The molecule has 0 heterocycles. The Bertz CT molecular complexity index is 1130. The summed E-state index contributed by atoms with van der Waals surface area (Å²) in [5, 5.41) is 10.5. The summed E-state index contributed by atoms with van der Waals surface area (Å²) in [6, 6.07) is 17.9. The van der Waals surface area contributed by atoms with Gasteiger partial charge >= 0.3 is 0 Å². The predicted molar refractivity (Wildman–Crippen MR) is 124 cm³/mol. The molecule has 1 N–H and O–H groups in total. The van der Waals surface area contributed by atoms with Gasteiger partial charge in [0.25, 0.3) is 0 Å². The summed E-state index contributed by atoms with van der Waals surface area (Å²) in [6.45, 7) is 2.22. The Morgan fingerprint density at radius 3 is 2.03 bits per heavy atom. The van der Waals surface area contributed by atoms with Crippen molar-refractivity contribution in [1.82, 2.24) is 0 Å². The summed E-state index contributed by atoms with van der Waals surface area (Å²) in [5.74, 6) is -0.0887. The molecule has 0 unspecified atom stereocenters. The summed E-state index contributed by atoms with van der Waals surface area (Å²) in [4.78, 5) is 25.9. The van der Waals surface area contributed by atoms with E-state index in [1.54, 1.807) is 42.5 Å². The molecule has 0 saturated carbocycles. The van der Waals surface area contributed by atoms with E-state index < -0.39 is 0 Å². The van der Waals surface area contributed by atoms with Crippen molar-refractivity contribution >= 4 is 11.6 Å². The Morgan fingerprint density at radius 2 is 1.29 bits per heavy atom. The molecule has 0 bridgehead atoms. The monoisotopic (exact) mass is 412 g/mol. The Balaban J connectivity index is 1.58. The summed E-state index contributed by atoms with van der Waals surface area (Å²) in [7, 11) is 0. The van der Waals surface area contributed by atoms with Gasteiger partial charge in [0.1, 0.15) is 5.75 Å². The number of fused-ring (bicyclic) bond motifs is 2. The number of aryl methyl sites for hydroxylation is 1. The van der Waals surface area contributed by atoms with E-state index in [1.807, 2.05) is 18.2 Å². The highest BCUT2D eigenvalue weighted by Crippen LogP contribution is 2.35. The van der Waals surface area contributed by atoms with Gasteiger partial charge in [-0.1, -0.05) is 75.4 Å². The normalized spacial score (nSPS) is 12.5. The Labute approximate surface area is 183 Å². The number of carbonyl (C=O) groups is 2. The number of phenols is 1. The average molecular weight is 413 g/mol. The predicted octanol–water partition coefficient (Wildman–Crippen LogP) is 6.74. The first kappa shape index (κ1) is 21.0. The van der Waals surface area contributed by atoms with Crippen LogP contribution in [0.2, 0.25) is 0 Å². The van der Waals surface area contributed by atoms with Crippen molar-refractivity contribution in [3.8, 4) is 16.9 Å². The fraction of sp³-hybridized carbons (Fsp3) is 0.286. The van der Waals surface area contributed by atoms with E-state index in [9.17, 15) is 14.7 Å². The molecule has 31 heavy (non-hydrogen) atoms. The number of rotatable bonds is 8. The van der Waals surface area contributed by atoms with Gasteiger partial charge in [0.05, 0.1) is 0 Å². The molecule has 3 aromatic rings. The van der Waals surface area contributed by atoms with Crippen LogP contribution in [0.5, 0.6) is 5.75 Å². The summed E-state index contributed by atoms with van der Waals surface area (Å²) in [6.07, 6.45) is 8.42. The van der Waals surface area contributed by atoms with Gasteiger partial charge in [-0.15, -0.1) is 0 Å². The fourth-order valence-electron chi connectivity index (χ4n) is 4.35. The number of hydrogen-bond donors (Lipinski definition) is 1. The van der Waals surface area contributed by atoms with Crippen LogP contribution in [0.4, 0.5) is 0 Å². The molecular formula is C28H28O3. The zero-order valence-corrected chi connectivity index (χ0v) is 18.0. The highest BCUT2D eigenvalue weighted by molar-refractivity contribution is 6.28. The third-order valence-electron chi connectivity index (χ3n) is 6.12. The SMILES string of the molecule is CCCCCCCCc1ccc(O)c(-c2ccc3c(c2)C(=O)c2ccccc2C3=O)c1. The molecular weight excluding hydrogens is 384 g/mol. The molecule has 0 fully saturated rings. The Hall–Kier alpha value is -3.20. The minimum atomic E-state index is -0.144. The van der Waals surface area contributed by atoms with Crippen LogP contribution < -0.4 is 0 Å². The average Bonchev–Trinajstić information content (AvgIpc) is 2.80. The van der Waals surface area contributed by atoms with Crippen LogP contribution in [0.15, 0.2) is 60.7 Å². The van der Waals surface area contributed by atoms with Crippen LogP contribution in [-0.2, 0) is 6.42 Å². The van der Waals surface area contributed by atoms with Crippen molar-refractivity contribution in [3.63, 3.8) is 0 Å². The Kier molecular flexibility index (Phi) is 6.31. The zero-order chi connectivity index (χ0) is 21.8. The number of carbonyl (C=O) groups excluding carboxylic acids is 2. The second-order valence-electron chi connectivity index (χ2n) is 8.33. The maximum atomic E-state index is 13.0. The maximum Gasteiger partial charge on any atom is 0.194 e. The van der Waals surface area contributed by atoms with Crippen LogP contribution in [0.3, 0.4) is 0 Å². The minimum absolute atomic E-state index is 0.127. The molecule has 0 saturated heterocycles. The smallest absolute Gasteiger partial charge is 0.194 e. The van der Waals surface area contributed by atoms with Crippen molar-refractivity contribution in [1.29, 1.82) is 0 Å². The number of aromatic hydroxyl groups is 1. The van der Waals surface area contributed by atoms with E-state index >= 15 is 0 Å². The highest BCUT2D eigenvalue weighted by Gasteiger charge is 2.29. The van der Waals surface area contributed by atoms with Crippen LogP contribution in [0.1, 0.15) is 82.9 Å². The summed E-state index contributed by atoms with van der Waals surface area (Å²) >= 11 is 0. The molecule has 0 radical (unpaired) electrons. The van der Waals surface area contributed by atoms with Gasteiger partial charge in [0.2, 0.25) is 0 Å². The highest BCUT2D eigenvalue weighted by atomic mass is 16.3. The maximum absolute atomic E-state index is 13.0. The number of unbranched alkanes of at least 4 members (excludes halogenated alkanes) is 5. The molecule has 4 rings (SSSR count). The van der Waals surface area contributed by atoms with Crippen LogP contribution in [0.25, 0.3) is 11.1 Å². The first-order valence-electron chi connectivity index (χ1n) is 11.2. The molecule has 1 aliphatic carbocycles. The molecule has 0 spiro atoms. The third-order valence-corrected chi connectivity index (χ3v) is 6.12. The second-order valence-corrected chi connectivity index (χ2v) is 8.33. The summed E-state index contributed by atoms with van der Waals surface area (Å²) < 4.78 is 0. The molecule has 158 valence electrons. The fourth-order valence-corrected chi connectivity index (χ4v) is 4.35. The first-order chi connectivity index (χ1) is 15.1. The van der Waals surface area contributed by atoms with Crippen molar-refractivity contribution in [2.75, 3.05) is 0 Å². The molecule has 3 heteroatoms. The van der Waals surface area contributed by atoms with Crippen molar-refractivity contribution in [2.24, 2.45) is 0 Å². The van der Waals surface area contributed by atoms with E-state index in [-0.39, 0.29) is 17.3 Å².